The molecule has 1 unspecified atom stereocenters. The van der Waals surface area contributed by atoms with E-state index in [9.17, 15) is 39.3 Å². The Kier molecular flexibility index (Phi) is 13.8. The Morgan fingerprint density at radius 1 is 0.842 bits per heavy atom. The summed E-state index contributed by atoms with van der Waals surface area (Å²) < 4.78 is 17.3. The van der Waals surface area contributed by atoms with Crippen LogP contribution in [0.25, 0.3) is 0 Å². The van der Waals surface area contributed by atoms with Gasteiger partial charge in [0.15, 0.2) is 0 Å². The summed E-state index contributed by atoms with van der Waals surface area (Å²) in [7, 11) is -4.36. The number of hydrogen-bond acceptors (Lipinski definition) is 9. The highest BCUT2D eigenvalue weighted by molar-refractivity contribution is 7.51. The molecule has 1 aliphatic heterocycles. The van der Waals surface area contributed by atoms with Crippen LogP contribution in [-0.4, -0.2) is 148 Å². The minimum Gasteiger partial charge on any atom is -0.480 e. The second kappa shape index (κ2) is 16.2. The lowest BCUT2D eigenvalue weighted by molar-refractivity contribution is -0.139. The fraction of sp³-hybridized carbons (Fsp3) is 0.667. The molecule has 0 amide bonds. The number of ether oxygens (including phenoxy) is 1. The molecule has 38 heavy (non-hydrogen) atoms. The summed E-state index contributed by atoms with van der Waals surface area (Å²) >= 11 is 0. The van der Waals surface area contributed by atoms with Crippen LogP contribution in [0.1, 0.15) is 11.1 Å². The fourth-order valence-corrected chi connectivity index (χ4v) is 5.01. The van der Waals surface area contributed by atoms with Crippen molar-refractivity contribution in [2.75, 3.05) is 84.9 Å². The molecule has 1 heterocycles. The Bertz CT molecular complexity index is 883. The molecule has 5 N–H and O–H groups in total. The van der Waals surface area contributed by atoms with Crippen LogP contribution in [0, 0.1) is 6.92 Å². The summed E-state index contributed by atoms with van der Waals surface area (Å²) in [5.41, 5.74) is 2.14. The number of carbonyl (C=O) groups is 2. The second-order valence-corrected chi connectivity index (χ2v) is 11.3. The number of aliphatic carboxylic acids is 2. The van der Waals surface area contributed by atoms with Crippen molar-refractivity contribution in [3.8, 4) is 0 Å². The van der Waals surface area contributed by atoms with E-state index in [1.54, 1.807) is 14.7 Å². The molecule has 0 bridgehead atoms. The Morgan fingerprint density at radius 3 is 1.74 bits per heavy atom. The maximum Gasteiger partial charge on any atom is 0.339 e. The molecular formula is C24H41N4O9P. The first-order valence-corrected chi connectivity index (χ1v) is 14.4. The fourth-order valence-electron chi connectivity index (χ4n) is 4.21. The summed E-state index contributed by atoms with van der Waals surface area (Å²) in [4.78, 5) is 48.6. The van der Waals surface area contributed by atoms with Crippen LogP contribution in [0.4, 0.5) is 0 Å². The van der Waals surface area contributed by atoms with Crippen LogP contribution in [0.2, 0.25) is 0 Å². The van der Waals surface area contributed by atoms with Gasteiger partial charge in [-0.1, -0.05) is 29.8 Å². The van der Waals surface area contributed by atoms with Gasteiger partial charge in [0.2, 0.25) is 0 Å². The van der Waals surface area contributed by atoms with E-state index in [1.165, 1.54) is 0 Å². The monoisotopic (exact) mass is 560 g/mol. The van der Waals surface area contributed by atoms with E-state index >= 15 is 0 Å². The number of hydrogen-bond donors (Lipinski definition) is 5. The lowest BCUT2D eigenvalue weighted by Gasteiger charge is -2.34. The molecule has 1 aliphatic rings. The molecule has 1 fully saturated rings. The van der Waals surface area contributed by atoms with Crippen LogP contribution in [-0.2, 0) is 25.5 Å². The zero-order valence-electron chi connectivity index (χ0n) is 21.9. The third kappa shape index (κ3) is 14.3. The average Bonchev–Trinajstić information content (AvgIpc) is 2.80. The Balaban J connectivity index is 2.03. The van der Waals surface area contributed by atoms with Gasteiger partial charge in [-0.2, -0.15) is 0 Å². The largest absolute Gasteiger partial charge is 0.480 e. The van der Waals surface area contributed by atoms with Gasteiger partial charge in [-0.3, -0.25) is 33.8 Å². The molecule has 2 rings (SSSR count). The summed E-state index contributed by atoms with van der Waals surface area (Å²) in [5, 5.41) is 29.3. The van der Waals surface area contributed by atoms with Crippen molar-refractivity contribution in [3.05, 3.63) is 35.4 Å². The number of aryl methyl sites for hydroxylation is 1. The molecule has 216 valence electrons. The standard InChI is InChI=1S/C24H41N4O9P/c1-20-2-4-21(5-3-20)17-37-18-22(29)14-25-6-8-26(15-23(30)31)10-12-28(19-38(34,35)36)13-11-27(9-7-25)16-24(32)33/h2-5,22,29H,6-19H2,1H3,(H,30,31)(H,32,33)(H2,34,35,36). The number of nitrogens with zero attached hydrogens (tertiary/aromatic N) is 4. The van der Waals surface area contributed by atoms with Gasteiger partial charge in [0.1, 0.15) is 6.29 Å². The van der Waals surface area contributed by atoms with Crippen molar-refractivity contribution in [2.24, 2.45) is 0 Å². The summed E-state index contributed by atoms with van der Waals surface area (Å²) in [6, 6.07) is 7.91. The van der Waals surface area contributed by atoms with Gasteiger partial charge >= 0.3 is 19.5 Å². The van der Waals surface area contributed by atoms with Gasteiger partial charge in [0, 0.05) is 58.9 Å². The number of carboxylic acid groups (broad SMARTS) is 2. The van der Waals surface area contributed by atoms with E-state index in [2.05, 4.69) is 0 Å². The van der Waals surface area contributed by atoms with Crippen molar-refractivity contribution < 1.29 is 44.0 Å². The quantitative estimate of drug-likeness (QED) is 0.205. The molecule has 1 atom stereocenters. The van der Waals surface area contributed by atoms with Crippen LogP contribution >= 0.6 is 7.60 Å². The van der Waals surface area contributed by atoms with Gasteiger partial charge < -0.3 is 29.8 Å². The number of β-amino-alcohol motifs (C(OH)–C–C–N with tert-alkyl or cyclic N) is 1. The van der Waals surface area contributed by atoms with Crippen molar-refractivity contribution in [2.45, 2.75) is 19.6 Å². The molecule has 0 saturated carbocycles. The van der Waals surface area contributed by atoms with E-state index < -0.39 is 31.9 Å². The van der Waals surface area contributed by atoms with Crippen molar-refractivity contribution >= 4 is 19.5 Å². The maximum absolute atomic E-state index is 11.6. The van der Waals surface area contributed by atoms with Gasteiger partial charge in [-0.15, -0.1) is 0 Å². The normalized spacial score (nSPS) is 18.9. The SMILES string of the molecule is Cc1ccc(COCC(O)CN2CCN(CC(=O)O)CCN(CP(=O)(O)O)CCN(CC(=O)O)CC2)cc1. The minimum absolute atomic E-state index is 0.111. The zero-order valence-corrected chi connectivity index (χ0v) is 22.8. The predicted molar refractivity (Wildman–Crippen MR) is 140 cm³/mol. The highest BCUT2D eigenvalue weighted by Gasteiger charge is 2.24. The predicted octanol–water partition coefficient (Wildman–Crippen LogP) is -0.601. The van der Waals surface area contributed by atoms with E-state index in [-0.39, 0.29) is 52.4 Å². The van der Waals surface area contributed by atoms with E-state index in [4.69, 9.17) is 4.74 Å². The third-order valence-corrected chi connectivity index (χ3v) is 6.97. The lowest BCUT2D eigenvalue weighted by Crippen LogP contribution is -2.49. The number of aliphatic hydroxyl groups is 1. The summed E-state index contributed by atoms with van der Waals surface area (Å²) in [6.45, 7) is 4.78. The van der Waals surface area contributed by atoms with Crippen LogP contribution in [0.15, 0.2) is 24.3 Å². The summed E-state index contributed by atoms with van der Waals surface area (Å²) in [5.74, 6) is -2.02. The maximum atomic E-state index is 11.6. The molecule has 1 saturated heterocycles. The average molecular weight is 561 g/mol. The molecular weight excluding hydrogens is 519 g/mol. The van der Waals surface area contributed by atoms with Gasteiger partial charge in [-0.25, -0.2) is 0 Å². The van der Waals surface area contributed by atoms with Crippen molar-refractivity contribution in [1.29, 1.82) is 0 Å². The molecule has 0 aromatic heterocycles. The highest BCUT2D eigenvalue weighted by Crippen LogP contribution is 2.34. The van der Waals surface area contributed by atoms with E-state index in [1.807, 2.05) is 36.1 Å². The molecule has 0 aliphatic carbocycles. The summed E-state index contributed by atoms with van der Waals surface area (Å²) in [6.07, 6.45) is -1.29. The van der Waals surface area contributed by atoms with Crippen molar-refractivity contribution in [3.63, 3.8) is 0 Å². The topological polar surface area (TPSA) is 175 Å². The molecule has 0 spiro atoms. The van der Waals surface area contributed by atoms with Crippen LogP contribution in [0.3, 0.4) is 0 Å². The first kappa shape index (κ1) is 32.3. The van der Waals surface area contributed by atoms with Crippen molar-refractivity contribution in [1.82, 2.24) is 19.6 Å². The van der Waals surface area contributed by atoms with Crippen LogP contribution in [0.5, 0.6) is 0 Å². The van der Waals surface area contributed by atoms with Gasteiger partial charge in [0.05, 0.1) is 32.4 Å². The smallest absolute Gasteiger partial charge is 0.339 e. The van der Waals surface area contributed by atoms with Gasteiger partial charge in [-0.05, 0) is 12.5 Å². The minimum atomic E-state index is -4.36. The lowest BCUT2D eigenvalue weighted by atomic mass is 10.2. The Morgan fingerprint density at radius 2 is 1.29 bits per heavy atom. The third-order valence-electron chi connectivity index (χ3n) is 6.20. The molecule has 1 aromatic carbocycles. The number of rotatable bonds is 12. The first-order valence-electron chi connectivity index (χ1n) is 12.6. The van der Waals surface area contributed by atoms with E-state index in [0.29, 0.717) is 32.8 Å². The second-order valence-electron chi connectivity index (χ2n) is 9.72. The van der Waals surface area contributed by atoms with Gasteiger partial charge in [0.25, 0.3) is 0 Å². The Labute approximate surface area is 223 Å². The molecule has 0 radical (unpaired) electrons. The number of aliphatic hydroxyl groups excluding tert-OH is 1. The first-order chi connectivity index (χ1) is 17.9. The van der Waals surface area contributed by atoms with E-state index in [0.717, 1.165) is 11.1 Å². The molecule has 13 nitrogen and oxygen atoms in total. The highest BCUT2D eigenvalue weighted by atomic mass is 31.2. The molecule has 14 heteroatoms. The zero-order chi connectivity index (χ0) is 28.1. The number of benzene rings is 1. The number of carboxylic acids is 2. The van der Waals surface area contributed by atoms with Crippen LogP contribution < -0.4 is 0 Å². The molecule has 1 aromatic rings. The Hall–Kier alpha value is -1.93.